The molecular formula is C13H18N4. The second-order valence-electron chi connectivity index (χ2n) is 4.41. The average Bonchev–Trinajstić information content (AvgIpc) is 2.85. The monoisotopic (exact) mass is 230 g/mol. The van der Waals surface area contributed by atoms with Crippen molar-refractivity contribution in [1.82, 2.24) is 0 Å². The van der Waals surface area contributed by atoms with Gasteiger partial charge < -0.3 is 0 Å². The molecule has 0 bridgehead atoms. The first-order valence-corrected chi connectivity index (χ1v) is 6.23. The minimum atomic E-state index is -0.351. The van der Waals surface area contributed by atoms with E-state index in [2.05, 4.69) is 57.9 Å². The summed E-state index contributed by atoms with van der Waals surface area (Å²) in [5.41, 5.74) is 1.05. The molecule has 4 nitrogen and oxygen atoms in total. The third-order valence-corrected chi connectivity index (χ3v) is 3.20. The van der Waals surface area contributed by atoms with E-state index in [1.165, 1.54) is 5.56 Å². The molecule has 4 heteroatoms. The van der Waals surface area contributed by atoms with Crippen molar-refractivity contribution in [2.24, 2.45) is 20.7 Å². The lowest BCUT2D eigenvalue weighted by Crippen LogP contribution is -2.19. The van der Waals surface area contributed by atoms with Gasteiger partial charge in [-0.05, 0) is 48.1 Å². The van der Waals surface area contributed by atoms with Crippen molar-refractivity contribution in [3.05, 3.63) is 35.9 Å². The van der Waals surface area contributed by atoms with Crippen molar-refractivity contribution >= 4 is 0 Å². The molecule has 0 atom stereocenters. The van der Waals surface area contributed by atoms with Gasteiger partial charge in [-0.2, -0.15) is 0 Å². The minimum absolute atomic E-state index is 0.351. The maximum absolute atomic E-state index is 4.12. The number of unbranched alkanes of at least 4 members (excludes halogenated alkanes) is 1. The highest BCUT2D eigenvalue weighted by Gasteiger charge is 2.29. The highest BCUT2D eigenvalue weighted by Crippen LogP contribution is 2.29. The fraction of sp³-hybridized carbons (Fsp3) is 0.538. The third-order valence-electron chi connectivity index (χ3n) is 3.20. The molecule has 0 saturated heterocycles. The summed E-state index contributed by atoms with van der Waals surface area (Å²) in [6.45, 7) is 2.08. The standard InChI is InChI=1S/C13H18N4/c1-2-13(14-16-17-15-13)11-7-6-10-12-8-4-3-5-9-12/h3-5,8-9H,2,6-7,10-11H2,1H3. The van der Waals surface area contributed by atoms with E-state index >= 15 is 0 Å². The lowest BCUT2D eigenvalue weighted by atomic mass is 9.99. The van der Waals surface area contributed by atoms with Crippen LogP contribution in [-0.4, -0.2) is 5.66 Å². The van der Waals surface area contributed by atoms with Crippen LogP contribution in [-0.2, 0) is 6.42 Å². The van der Waals surface area contributed by atoms with Gasteiger partial charge in [0.15, 0.2) is 5.66 Å². The predicted molar refractivity (Wildman–Crippen MR) is 66.7 cm³/mol. The molecular weight excluding hydrogens is 212 g/mol. The molecule has 1 aromatic carbocycles. The van der Waals surface area contributed by atoms with Gasteiger partial charge in [-0.25, -0.2) is 0 Å². The number of rotatable bonds is 6. The molecule has 0 amide bonds. The van der Waals surface area contributed by atoms with Crippen LogP contribution in [0, 0.1) is 0 Å². The summed E-state index contributed by atoms with van der Waals surface area (Å²) in [4.78, 5) is 0. The molecule has 2 rings (SSSR count). The van der Waals surface area contributed by atoms with E-state index in [9.17, 15) is 0 Å². The van der Waals surface area contributed by atoms with Crippen LogP contribution >= 0.6 is 0 Å². The number of aryl methyl sites for hydroxylation is 1. The molecule has 0 saturated carbocycles. The van der Waals surface area contributed by atoms with Crippen molar-refractivity contribution in [2.75, 3.05) is 0 Å². The van der Waals surface area contributed by atoms with Crippen LogP contribution in [0.2, 0.25) is 0 Å². The third kappa shape index (κ3) is 3.19. The van der Waals surface area contributed by atoms with E-state index in [1.54, 1.807) is 0 Å². The second-order valence-corrected chi connectivity index (χ2v) is 4.41. The molecule has 0 unspecified atom stereocenters. The summed E-state index contributed by atoms with van der Waals surface area (Å²) in [6, 6.07) is 10.6. The summed E-state index contributed by atoms with van der Waals surface area (Å²) < 4.78 is 0. The van der Waals surface area contributed by atoms with Crippen LogP contribution in [0.4, 0.5) is 0 Å². The van der Waals surface area contributed by atoms with Crippen molar-refractivity contribution in [2.45, 2.75) is 44.7 Å². The molecule has 0 aliphatic carbocycles. The number of benzene rings is 1. The Morgan fingerprint density at radius 1 is 1.00 bits per heavy atom. The molecule has 0 spiro atoms. The van der Waals surface area contributed by atoms with Crippen molar-refractivity contribution in [3.8, 4) is 0 Å². The first kappa shape index (κ1) is 11.9. The highest BCUT2D eigenvalue weighted by atomic mass is 15.6. The predicted octanol–water partition coefficient (Wildman–Crippen LogP) is 4.34. The summed E-state index contributed by atoms with van der Waals surface area (Å²) >= 11 is 0. The number of hydrogen-bond acceptors (Lipinski definition) is 4. The zero-order valence-corrected chi connectivity index (χ0v) is 10.2. The fourth-order valence-corrected chi connectivity index (χ4v) is 2.03. The largest absolute Gasteiger partial charge is 0.195 e. The molecule has 1 aromatic rings. The molecule has 90 valence electrons. The first-order valence-electron chi connectivity index (χ1n) is 6.23. The van der Waals surface area contributed by atoms with E-state index in [1.807, 2.05) is 0 Å². The van der Waals surface area contributed by atoms with Crippen molar-refractivity contribution in [3.63, 3.8) is 0 Å². The van der Waals surface area contributed by atoms with Crippen LogP contribution in [0.5, 0.6) is 0 Å². The van der Waals surface area contributed by atoms with Gasteiger partial charge in [0.2, 0.25) is 0 Å². The number of hydrogen-bond donors (Lipinski definition) is 0. The normalized spacial score (nSPS) is 16.5. The smallest absolute Gasteiger partial charge is 0.135 e. The Bertz CT molecular complexity index is 385. The van der Waals surface area contributed by atoms with E-state index in [-0.39, 0.29) is 5.66 Å². The minimum Gasteiger partial charge on any atom is -0.135 e. The zero-order valence-electron chi connectivity index (χ0n) is 10.2. The maximum Gasteiger partial charge on any atom is 0.195 e. The molecule has 17 heavy (non-hydrogen) atoms. The summed E-state index contributed by atoms with van der Waals surface area (Å²) in [5, 5.41) is 15.5. The van der Waals surface area contributed by atoms with Gasteiger partial charge in [0.25, 0.3) is 0 Å². The van der Waals surface area contributed by atoms with Gasteiger partial charge in [0, 0.05) is 0 Å². The van der Waals surface area contributed by atoms with Crippen LogP contribution in [0.1, 0.15) is 38.2 Å². The summed E-state index contributed by atoms with van der Waals surface area (Å²) in [5.74, 6) is 0. The second kappa shape index (κ2) is 5.66. The molecule has 1 aliphatic heterocycles. The van der Waals surface area contributed by atoms with Gasteiger partial charge in [0.1, 0.15) is 0 Å². The van der Waals surface area contributed by atoms with Crippen LogP contribution < -0.4 is 0 Å². The molecule has 0 aromatic heterocycles. The highest BCUT2D eigenvalue weighted by molar-refractivity contribution is 5.14. The maximum atomic E-state index is 4.12. The van der Waals surface area contributed by atoms with Gasteiger partial charge in [-0.1, -0.05) is 37.3 Å². The molecule has 0 radical (unpaired) electrons. The van der Waals surface area contributed by atoms with Crippen LogP contribution in [0.15, 0.2) is 51.0 Å². The lowest BCUT2D eigenvalue weighted by Gasteiger charge is -2.16. The van der Waals surface area contributed by atoms with Crippen LogP contribution in [0.25, 0.3) is 0 Å². The summed E-state index contributed by atoms with van der Waals surface area (Å²) in [6.07, 6.45) is 5.22. The Hall–Kier alpha value is -1.58. The number of nitrogens with zero attached hydrogens (tertiary/aromatic N) is 4. The SMILES string of the molecule is CCC1(CCCCc2ccccc2)N=NN=N1. The summed E-state index contributed by atoms with van der Waals surface area (Å²) in [7, 11) is 0. The van der Waals surface area contributed by atoms with Crippen LogP contribution in [0.3, 0.4) is 0 Å². The molecule has 0 N–H and O–H groups in total. The Morgan fingerprint density at radius 2 is 1.71 bits per heavy atom. The van der Waals surface area contributed by atoms with Gasteiger partial charge in [-0.3, -0.25) is 0 Å². The van der Waals surface area contributed by atoms with E-state index in [0.717, 1.165) is 32.1 Å². The fourth-order valence-electron chi connectivity index (χ4n) is 2.03. The Morgan fingerprint density at radius 3 is 2.35 bits per heavy atom. The topological polar surface area (TPSA) is 49.4 Å². The average molecular weight is 230 g/mol. The Kier molecular flexibility index (Phi) is 3.96. The molecule has 1 heterocycles. The van der Waals surface area contributed by atoms with E-state index in [4.69, 9.17) is 0 Å². The zero-order chi connectivity index (χ0) is 12.0. The lowest BCUT2D eigenvalue weighted by molar-refractivity contribution is 0.379. The van der Waals surface area contributed by atoms with Gasteiger partial charge >= 0.3 is 0 Å². The Balaban J connectivity index is 1.73. The van der Waals surface area contributed by atoms with E-state index in [0.29, 0.717) is 0 Å². The quantitative estimate of drug-likeness (QED) is 0.653. The first-order chi connectivity index (χ1) is 8.35. The Labute approximate surface area is 102 Å². The van der Waals surface area contributed by atoms with Gasteiger partial charge in [0.05, 0.1) is 0 Å². The van der Waals surface area contributed by atoms with Crippen molar-refractivity contribution < 1.29 is 0 Å². The molecule has 0 fully saturated rings. The molecule has 1 aliphatic rings. The van der Waals surface area contributed by atoms with E-state index < -0.39 is 0 Å². The van der Waals surface area contributed by atoms with Gasteiger partial charge in [-0.15, -0.1) is 10.2 Å². The van der Waals surface area contributed by atoms with Crippen molar-refractivity contribution in [1.29, 1.82) is 0 Å².